The monoisotopic (exact) mass is 209 g/mol. The highest BCUT2D eigenvalue weighted by Gasteiger charge is 2.10. The molecule has 0 spiro atoms. The summed E-state index contributed by atoms with van der Waals surface area (Å²) in [5.74, 6) is 0. The number of nitrogens with two attached hydrogens (primary N) is 1. The van der Waals surface area contributed by atoms with Gasteiger partial charge in [0.05, 0.1) is 0 Å². The molecular weight excluding hydrogens is 194 g/mol. The Bertz CT molecular complexity index is 567. The molecule has 0 atom stereocenters. The van der Waals surface area contributed by atoms with Crippen molar-refractivity contribution in [2.75, 3.05) is 5.73 Å². The molecule has 2 aromatic rings. The maximum absolute atomic E-state index is 6.00. The molecule has 0 saturated carbocycles. The van der Waals surface area contributed by atoms with Crippen LogP contribution in [0.1, 0.15) is 24.8 Å². The number of hydrogen-bond donors (Lipinski definition) is 1. The topological polar surface area (TPSA) is 26.0 Å². The van der Waals surface area contributed by atoms with E-state index < -0.39 is 0 Å². The molecule has 16 heavy (non-hydrogen) atoms. The van der Waals surface area contributed by atoms with Crippen LogP contribution in [0.2, 0.25) is 0 Å². The molecule has 1 nitrogen and oxygen atoms in total. The molecule has 1 heteroatoms. The zero-order valence-electron chi connectivity index (χ0n) is 9.24. The third-order valence-corrected chi connectivity index (χ3v) is 3.34. The van der Waals surface area contributed by atoms with E-state index in [-0.39, 0.29) is 0 Å². The lowest BCUT2D eigenvalue weighted by atomic mass is 9.97. The lowest BCUT2D eigenvalue weighted by Gasteiger charge is -2.09. The largest absolute Gasteiger partial charge is 0.398 e. The summed E-state index contributed by atoms with van der Waals surface area (Å²) in [5, 5.41) is 2.46. The first kappa shape index (κ1) is 9.46. The quantitative estimate of drug-likeness (QED) is 0.706. The number of rotatable bonds is 1. The van der Waals surface area contributed by atoms with Gasteiger partial charge in [0.2, 0.25) is 0 Å². The van der Waals surface area contributed by atoms with Crippen LogP contribution < -0.4 is 5.73 Å². The second kappa shape index (κ2) is 3.67. The van der Waals surface area contributed by atoms with Crippen LogP contribution in [-0.2, 0) is 0 Å². The smallest absolute Gasteiger partial charge is 0.0393 e. The van der Waals surface area contributed by atoms with Gasteiger partial charge in [-0.3, -0.25) is 0 Å². The van der Waals surface area contributed by atoms with Crippen molar-refractivity contribution in [3.8, 4) is 0 Å². The van der Waals surface area contributed by atoms with Crippen LogP contribution in [0.4, 0.5) is 5.69 Å². The zero-order valence-corrected chi connectivity index (χ0v) is 9.24. The van der Waals surface area contributed by atoms with E-state index in [1.807, 2.05) is 12.1 Å². The van der Waals surface area contributed by atoms with Gasteiger partial charge in [-0.15, -0.1) is 0 Å². The predicted octanol–water partition coefficient (Wildman–Crippen LogP) is 3.99. The van der Waals surface area contributed by atoms with Crippen molar-refractivity contribution in [1.29, 1.82) is 0 Å². The van der Waals surface area contributed by atoms with Crippen LogP contribution in [0, 0.1) is 0 Å². The minimum Gasteiger partial charge on any atom is -0.398 e. The fourth-order valence-electron chi connectivity index (χ4n) is 2.53. The lowest BCUT2D eigenvalue weighted by molar-refractivity contribution is 0.936. The SMILES string of the molecule is Nc1cccc2c(C3=CCCC3)cccc12. The highest BCUT2D eigenvalue weighted by Crippen LogP contribution is 2.33. The van der Waals surface area contributed by atoms with Crippen molar-refractivity contribution in [1.82, 2.24) is 0 Å². The first-order valence-corrected chi connectivity index (χ1v) is 5.83. The average molecular weight is 209 g/mol. The van der Waals surface area contributed by atoms with E-state index >= 15 is 0 Å². The molecule has 0 saturated heterocycles. The summed E-state index contributed by atoms with van der Waals surface area (Å²) in [4.78, 5) is 0. The Hall–Kier alpha value is -1.76. The van der Waals surface area contributed by atoms with Crippen molar-refractivity contribution < 1.29 is 0 Å². The molecular formula is C15H15N. The summed E-state index contributed by atoms with van der Waals surface area (Å²) in [7, 11) is 0. The number of nitrogen functional groups attached to an aromatic ring is 1. The molecule has 80 valence electrons. The van der Waals surface area contributed by atoms with Gasteiger partial charge >= 0.3 is 0 Å². The van der Waals surface area contributed by atoms with E-state index in [0.717, 1.165) is 5.69 Å². The van der Waals surface area contributed by atoms with Crippen molar-refractivity contribution in [2.45, 2.75) is 19.3 Å². The maximum Gasteiger partial charge on any atom is 0.0393 e. The van der Waals surface area contributed by atoms with Crippen molar-refractivity contribution in [3.05, 3.63) is 48.0 Å². The molecule has 1 aliphatic rings. The van der Waals surface area contributed by atoms with Gasteiger partial charge in [-0.25, -0.2) is 0 Å². The molecule has 2 aromatic carbocycles. The van der Waals surface area contributed by atoms with Gasteiger partial charge < -0.3 is 5.73 Å². The summed E-state index contributed by atoms with van der Waals surface area (Å²) < 4.78 is 0. The minimum atomic E-state index is 0.873. The highest BCUT2D eigenvalue weighted by molar-refractivity contribution is 6.00. The molecule has 0 bridgehead atoms. The van der Waals surface area contributed by atoms with E-state index in [1.54, 1.807) is 0 Å². The third kappa shape index (κ3) is 1.40. The molecule has 0 aliphatic heterocycles. The van der Waals surface area contributed by atoms with Crippen molar-refractivity contribution >= 4 is 22.0 Å². The third-order valence-electron chi connectivity index (χ3n) is 3.34. The predicted molar refractivity (Wildman–Crippen MR) is 70.2 cm³/mol. The van der Waals surface area contributed by atoms with Gasteiger partial charge in [-0.2, -0.15) is 0 Å². The van der Waals surface area contributed by atoms with Crippen molar-refractivity contribution in [3.63, 3.8) is 0 Å². The van der Waals surface area contributed by atoms with Crippen molar-refractivity contribution in [2.24, 2.45) is 0 Å². The second-order valence-corrected chi connectivity index (χ2v) is 4.37. The Morgan fingerprint density at radius 1 is 0.938 bits per heavy atom. The number of benzene rings is 2. The Morgan fingerprint density at radius 2 is 1.75 bits per heavy atom. The van der Waals surface area contributed by atoms with Crippen LogP contribution in [0.3, 0.4) is 0 Å². The van der Waals surface area contributed by atoms with E-state index in [4.69, 9.17) is 5.73 Å². The van der Waals surface area contributed by atoms with Crippen LogP contribution in [0.5, 0.6) is 0 Å². The molecule has 3 rings (SSSR count). The van der Waals surface area contributed by atoms with Crippen LogP contribution in [0.15, 0.2) is 42.5 Å². The second-order valence-electron chi connectivity index (χ2n) is 4.37. The number of hydrogen-bond acceptors (Lipinski definition) is 1. The number of fused-ring (bicyclic) bond motifs is 1. The van der Waals surface area contributed by atoms with Crippen LogP contribution in [-0.4, -0.2) is 0 Å². The molecule has 1 aliphatic carbocycles. The zero-order chi connectivity index (χ0) is 11.0. The average Bonchev–Trinajstić information content (AvgIpc) is 2.82. The van der Waals surface area contributed by atoms with Gasteiger partial charge in [0, 0.05) is 11.1 Å². The summed E-state index contributed by atoms with van der Waals surface area (Å²) in [6, 6.07) is 12.6. The van der Waals surface area contributed by atoms with Gasteiger partial charge in [0.25, 0.3) is 0 Å². The Kier molecular flexibility index (Phi) is 2.17. The highest BCUT2D eigenvalue weighted by atomic mass is 14.5. The summed E-state index contributed by atoms with van der Waals surface area (Å²) in [5.41, 5.74) is 9.72. The molecule has 0 radical (unpaired) electrons. The molecule has 0 heterocycles. The molecule has 0 aromatic heterocycles. The summed E-state index contributed by atoms with van der Waals surface area (Å²) in [6.45, 7) is 0. The molecule has 2 N–H and O–H groups in total. The van der Waals surface area contributed by atoms with E-state index in [1.165, 1.54) is 41.2 Å². The normalized spacial score (nSPS) is 15.4. The Balaban J connectivity index is 2.29. The number of allylic oxidation sites excluding steroid dienone is 2. The summed E-state index contributed by atoms with van der Waals surface area (Å²) in [6.07, 6.45) is 6.06. The Morgan fingerprint density at radius 3 is 2.56 bits per heavy atom. The molecule has 0 amide bonds. The summed E-state index contributed by atoms with van der Waals surface area (Å²) >= 11 is 0. The first-order chi connectivity index (χ1) is 7.86. The van der Waals surface area contributed by atoms with E-state index in [2.05, 4.69) is 30.3 Å². The van der Waals surface area contributed by atoms with Gasteiger partial charge in [-0.1, -0.05) is 36.4 Å². The number of anilines is 1. The minimum absolute atomic E-state index is 0.873. The van der Waals surface area contributed by atoms with Gasteiger partial charge in [0.1, 0.15) is 0 Å². The van der Waals surface area contributed by atoms with Gasteiger partial charge in [0.15, 0.2) is 0 Å². The molecule has 0 unspecified atom stereocenters. The fraction of sp³-hybridized carbons (Fsp3) is 0.200. The van der Waals surface area contributed by atoms with E-state index in [9.17, 15) is 0 Å². The lowest BCUT2D eigenvalue weighted by Crippen LogP contribution is -1.89. The van der Waals surface area contributed by atoms with Crippen LogP contribution in [0.25, 0.3) is 16.3 Å². The first-order valence-electron chi connectivity index (χ1n) is 5.83. The Labute approximate surface area is 95.6 Å². The van der Waals surface area contributed by atoms with Gasteiger partial charge in [-0.05, 0) is 41.9 Å². The fourth-order valence-corrected chi connectivity index (χ4v) is 2.53. The van der Waals surface area contributed by atoms with Crippen LogP contribution >= 0.6 is 0 Å². The standard InChI is InChI=1S/C15H15N/c16-15-10-4-8-13-12(7-3-9-14(13)15)11-5-1-2-6-11/h3-5,7-10H,1-2,6,16H2. The maximum atomic E-state index is 6.00. The van der Waals surface area contributed by atoms with E-state index in [0.29, 0.717) is 0 Å². The molecule has 0 fully saturated rings.